The molecule has 0 radical (unpaired) electrons. The first kappa shape index (κ1) is 11.7. The molecule has 3 heterocycles. The van der Waals surface area contributed by atoms with Crippen LogP contribution in [0.15, 0.2) is 24.0 Å². The molecule has 3 aromatic rings. The Morgan fingerprint density at radius 1 is 1.53 bits per heavy atom. The first-order chi connectivity index (χ1) is 9.16. The normalized spacial score (nSPS) is 11.0. The highest BCUT2D eigenvalue weighted by molar-refractivity contribution is 7.15. The molecule has 1 N–H and O–H groups in total. The fraction of sp³-hybridized carbons (Fsp3) is 0.200. The van der Waals surface area contributed by atoms with Crippen molar-refractivity contribution in [1.29, 1.82) is 0 Å². The van der Waals surface area contributed by atoms with Crippen LogP contribution >= 0.6 is 11.3 Å². The lowest BCUT2D eigenvalue weighted by Crippen LogP contribution is -2.07. The lowest BCUT2D eigenvalue weighted by molar-refractivity contribution is -0.389. The summed E-state index contributed by atoms with van der Waals surface area (Å²) < 4.78 is 3.31. The molecule has 0 saturated carbocycles. The standard InChI is InChI=1S/C10H10N6O2S/c1-14-3-2-11-7(14)6-12-8-9(16(17)18)15-4-5-19-10(15)13-8/h2-5,12H,6H2,1H3. The second-order valence-electron chi connectivity index (χ2n) is 3.90. The first-order valence-corrected chi connectivity index (χ1v) is 6.35. The molecule has 0 saturated heterocycles. The van der Waals surface area contributed by atoms with Crippen LogP contribution in [0.1, 0.15) is 5.82 Å². The highest BCUT2D eigenvalue weighted by Crippen LogP contribution is 2.28. The Morgan fingerprint density at radius 2 is 2.37 bits per heavy atom. The van der Waals surface area contributed by atoms with Crippen LogP contribution in [-0.2, 0) is 13.6 Å². The Balaban J connectivity index is 1.92. The predicted molar refractivity (Wildman–Crippen MR) is 70.3 cm³/mol. The maximum absolute atomic E-state index is 11.1. The van der Waals surface area contributed by atoms with E-state index in [9.17, 15) is 10.1 Å². The molecular formula is C10H10N6O2S. The van der Waals surface area contributed by atoms with Crippen molar-refractivity contribution in [2.24, 2.45) is 7.05 Å². The molecule has 0 aliphatic carbocycles. The van der Waals surface area contributed by atoms with E-state index in [1.807, 2.05) is 17.8 Å². The molecule has 0 bridgehead atoms. The van der Waals surface area contributed by atoms with E-state index in [2.05, 4.69) is 15.3 Å². The lowest BCUT2D eigenvalue weighted by Gasteiger charge is -2.03. The van der Waals surface area contributed by atoms with Crippen LogP contribution in [0.4, 0.5) is 11.6 Å². The number of nitrogens with one attached hydrogen (secondary N) is 1. The third-order valence-electron chi connectivity index (χ3n) is 2.74. The van der Waals surface area contributed by atoms with Gasteiger partial charge in [0.1, 0.15) is 12.0 Å². The Labute approximate surface area is 111 Å². The molecule has 0 aromatic carbocycles. The highest BCUT2D eigenvalue weighted by atomic mass is 32.1. The number of aryl methyl sites for hydroxylation is 1. The highest BCUT2D eigenvalue weighted by Gasteiger charge is 2.23. The van der Waals surface area contributed by atoms with Crippen molar-refractivity contribution in [3.8, 4) is 0 Å². The summed E-state index contributed by atoms with van der Waals surface area (Å²) in [5.74, 6) is 0.996. The molecular weight excluding hydrogens is 268 g/mol. The zero-order valence-electron chi connectivity index (χ0n) is 9.98. The number of anilines is 1. The van der Waals surface area contributed by atoms with E-state index < -0.39 is 4.92 Å². The minimum absolute atomic E-state index is 0.0505. The zero-order valence-corrected chi connectivity index (χ0v) is 10.8. The maximum Gasteiger partial charge on any atom is 0.372 e. The molecule has 3 rings (SSSR count). The topological polar surface area (TPSA) is 90.3 Å². The van der Waals surface area contributed by atoms with Crippen molar-refractivity contribution < 1.29 is 4.92 Å². The monoisotopic (exact) mass is 278 g/mol. The number of fused-ring (bicyclic) bond motifs is 1. The van der Waals surface area contributed by atoms with Crippen LogP contribution in [0.3, 0.4) is 0 Å². The van der Waals surface area contributed by atoms with Gasteiger partial charge in [0, 0.05) is 24.8 Å². The molecule has 8 nitrogen and oxygen atoms in total. The number of hydrogen-bond donors (Lipinski definition) is 1. The molecule has 0 aliphatic heterocycles. The van der Waals surface area contributed by atoms with Gasteiger partial charge in [-0.05, 0) is 4.92 Å². The van der Waals surface area contributed by atoms with Crippen molar-refractivity contribution in [3.63, 3.8) is 0 Å². The summed E-state index contributed by atoms with van der Waals surface area (Å²) in [6.07, 6.45) is 5.13. The summed E-state index contributed by atoms with van der Waals surface area (Å²) in [6, 6.07) is 0. The summed E-state index contributed by atoms with van der Waals surface area (Å²) in [6.45, 7) is 0.384. The first-order valence-electron chi connectivity index (χ1n) is 5.47. The van der Waals surface area contributed by atoms with E-state index in [-0.39, 0.29) is 11.6 Å². The zero-order chi connectivity index (χ0) is 13.4. The molecule has 0 amide bonds. The van der Waals surface area contributed by atoms with Crippen LogP contribution in [0.25, 0.3) is 4.96 Å². The van der Waals surface area contributed by atoms with E-state index in [0.29, 0.717) is 11.5 Å². The van der Waals surface area contributed by atoms with Crippen LogP contribution in [0.5, 0.6) is 0 Å². The summed E-state index contributed by atoms with van der Waals surface area (Å²) >= 11 is 1.35. The molecule has 19 heavy (non-hydrogen) atoms. The maximum atomic E-state index is 11.1. The Kier molecular flexibility index (Phi) is 2.67. The van der Waals surface area contributed by atoms with Crippen molar-refractivity contribution in [2.75, 3.05) is 5.32 Å². The molecule has 0 fully saturated rings. The molecule has 0 spiro atoms. The average Bonchev–Trinajstić information content (AvgIpc) is 3.00. The number of nitrogens with zero attached hydrogens (tertiary/aromatic N) is 5. The third-order valence-corrected chi connectivity index (χ3v) is 3.50. The number of thiazole rings is 1. The molecule has 98 valence electrons. The van der Waals surface area contributed by atoms with Crippen molar-refractivity contribution >= 4 is 27.9 Å². The Morgan fingerprint density at radius 3 is 3.05 bits per heavy atom. The van der Waals surface area contributed by atoms with Gasteiger partial charge in [0.05, 0.1) is 6.54 Å². The number of rotatable bonds is 4. The van der Waals surface area contributed by atoms with Crippen molar-refractivity contribution in [2.45, 2.75) is 6.54 Å². The van der Waals surface area contributed by atoms with Crippen molar-refractivity contribution in [3.05, 3.63) is 39.9 Å². The minimum Gasteiger partial charge on any atom is -0.358 e. The fourth-order valence-electron chi connectivity index (χ4n) is 1.80. The largest absolute Gasteiger partial charge is 0.372 e. The van der Waals surface area contributed by atoms with Gasteiger partial charge >= 0.3 is 5.82 Å². The van der Waals surface area contributed by atoms with Gasteiger partial charge in [0.25, 0.3) is 4.96 Å². The van der Waals surface area contributed by atoms with Crippen LogP contribution < -0.4 is 5.32 Å². The fourth-order valence-corrected chi connectivity index (χ4v) is 2.51. The van der Waals surface area contributed by atoms with E-state index in [1.165, 1.54) is 15.7 Å². The summed E-state index contributed by atoms with van der Waals surface area (Å²) in [5.41, 5.74) is 0. The van der Waals surface area contributed by atoms with E-state index in [1.54, 1.807) is 17.8 Å². The van der Waals surface area contributed by atoms with Gasteiger partial charge in [-0.1, -0.05) is 11.3 Å². The van der Waals surface area contributed by atoms with E-state index >= 15 is 0 Å². The lowest BCUT2D eigenvalue weighted by atomic mass is 10.5. The van der Waals surface area contributed by atoms with Crippen LogP contribution in [0.2, 0.25) is 0 Å². The third kappa shape index (κ3) is 1.93. The molecule has 0 unspecified atom stereocenters. The predicted octanol–water partition coefficient (Wildman–Crippen LogP) is 1.65. The summed E-state index contributed by atoms with van der Waals surface area (Å²) in [5, 5.41) is 15.8. The molecule has 0 atom stereocenters. The smallest absolute Gasteiger partial charge is 0.358 e. The SMILES string of the molecule is Cn1ccnc1CNc1nc2sccn2c1[N+](=O)[O-]. The molecule has 3 aromatic heterocycles. The van der Waals surface area contributed by atoms with Crippen molar-refractivity contribution in [1.82, 2.24) is 18.9 Å². The summed E-state index contributed by atoms with van der Waals surface area (Å²) in [4.78, 5) is 19.6. The average molecular weight is 278 g/mol. The quantitative estimate of drug-likeness (QED) is 0.579. The van der Waals surface area contributed by atoms with Gasteiger partial charge in [0.2, 0.25) is 5.82 Å². The molecule has 0 aliphatic rings. The van der Waals surface area contributed by atoms with Gasteiger partial charge in [0.15, 0.2) is 0 Å². The second kappa shape index (κ2) is 4.35. The van der Waals surface area contributed by atoms with Gasteiger partial charge in [-0.15, -0.1) is 0 Å². The van der Waals surface area contributed by atoms with Crippen LogP contribution in [-0.4, -0.2) is 23.9 Å². The number of nitro groups is 1. The van der Waals surface area contributed by atoms with Gasteiger partial charge in [-0.25, -0.2) is 4.98 Å². The number of hydrogen-bond acceptors (Lipinski definition) is 6. The minimum atomic E-state index is -0.437. The van der Waals surface area contributed by atoms with Gasteiger partial charge in [-0.3, -0.25) is 0 Å². The summed E-state index contributed by atoms with van der Waals surface area (Å²) in [7, 11) is 1.87. The Bertz CT molecular complexity index is 742. The Hall–Kier alpha value is -2.42. The molecule has 9 heteroatoms. The van der Waals surface area contributed by atoms with E-state index in [4.69, 9.17) is 0 Å². The second-order valence-corrected chi connectivity index (χ2v) is 4.78. The van der Waals surface area contributed by atoms with Crippen LogP contribution in [0, 0.1) is 10.1 Å². The number of aromatic nitrogens is 4. The van der Waals surface area contributed by atoms with Gasteiger partial charge < -0.3 is 20.0 Å². The van der Waals surface area contributed by atoms with Gasteiger partial charge in [-0.2, -0.15) is 9.38 Å². The number of imidazole rings is 2. The van der Waals surface area contributed by atoms with E-state index in [0.717, 1.165) is 5.82 Å².